The maximum absolute atomic E-state index is 13.1. The molecule has 0 fully saturated rings. The highest BCUT2D eigenvalue weighted by Gasteiger charge is 2.33. The largest absolute Gasteiger partial charge is 0.484 e. The summed E-state index contributed by atoms with van der Waals surface area (Å²) in [5, 5.41) is 8.40. The lowest BCUT2D eigenvalue weighted by atomic mass is 9.69. The Balaban J connectivity index is 1.36. The van der Waals surface area contributed by atoms with Crippen molar-refractivity contribution in [1.82, 2.24) is 20.1 Å². The van der Waals surface area contributed by atoms with Crippen LogP contribution in [0.1, 0.15) is 44.5 Å². The van der Waals surface area contributed by atoms with Gasteiger partial charge in [0.25, 0.3) is 5.89 Å². The predicted molar refractivity (Wildman–Crippen MR) is 133 cm³/mol. The van der Waals surface area contributed by atoms with Crippen LogP contribution in [0.4, 0.5) is 4.39 Å². The third kappa shape index (κ3) is 6.98. The maximum atomic E-state index is 13.1. The molecule has 35 heavy (non-hydrogen) atoms. The fourth-order valence-corrected chi connectivity index (χ4v) is 5.03. The monoisotopic (exact) mass is 478 g/mol. The molecule has 186 valence electrons. The number of allylic oxidation sites excluding steroid dienone is 1. The van der Waals surface area contributed by atoms with Crippen molar-refractivity contribution in [3.05, 3.63) is 83.6 Å². The van der Waals surface area contributed by atoms with Gasteiger partial charge in [-0.15, -0.1) is 10.2 Å². The summed E-state index contributed by atoms with van der Waals surface area (Å²) in [6.45, 7) is 8.95. The van der Waals surface area contributed by atoms with Crippen LogP contribution < -0.4 is 4.74 Å². The molecule has 3 aromatic rings. The van der Waals surface area contributed by atoms with Gasteiger partial charge in [0.05, 0.1) is 0 Å². The smallest absolute Gasteiger partial charge is 0.253 e. The van der Waals surface area contributed by atoms with Crippen molar-refractivity contribution in [3.63, 3.8) is 0 Å². The van der Waals surface area contributed by atoms with Crippen molar-refractivity contribution < 1.29 is 13.5 Å². The lowest BCUT2D eigenvalue weighted by molar-refractivity contribution is 0.172. The highest BCUT2D eigenvalue weighted by Crippen LogP contribution is 2.39. The number of ether oxygens (including phenoxy) is 1. The summed E-state index contributed by atoms with van der Waals surface area (Å²) >= 11 is 0. The van der Waals surface area contributed by atoms with E-state index in [0.29, 0.717) is 41.2 Å². The quantitative estimate of drug-likeness (QED) is 0.348. The second kappa shape index (κ2) is 11.6. The minimum Gasteiger partial charge on any atom is -0.484 e. The van der Waals surface area contributed by atoms with Gasteiger partial charge in [0.1, 0.15) is 11.6 Å². The van der Waals surface area contributed by atoms with Gasteiger partial charge in [-0.2, -0.15) is 0 Å². The third-order valence-electron chi connectivity index (χ3n) is 6.89. The Morgan fingerprint density at radius 3 is 2.63 bits per heavy atom. The predicted octanol–water partition coefficient (Wildman–Crippen LogP) is 5.71. The van der Waals surface area contributed by atoms with E-state index in [1.54, 1.807) is 12.1 Å². The number of halogens is 1. The normalized spacial score (nSPS) is 20.3. The molecule has 0 spiro atoms. The van der Waals surface area contributed by atoms with Gasteiger partial charge in [-0.05, 0) is 80.0 Å². The van der Waals surface area contributed by atoms with E-state index in [2.05, 4.69) is 60.0 Å². The first-order valence-electron chi connectivity index (χ1n) is 12.3. The number of nitrogens with zero attached hydrogens (tertiary/aromatic N) is 4. The molecule has 1 aromatic carbocycles. The van der Waals surface area contributed by atoms with Crippen LogP contribution in [-0.2, 0) is 19.6 Å². The van der Waals surface area contributed by atoms with Crippen LogP contribution in [0.5, 0.6) is 5.75 Å². The molecule has 0 radical (unpaired) electrons. The van der Waals surface area contributed by atoms with Crippen LogP contribution >= 0.6 is 0 Å². The summed E-state index contributed by atoms with van der Waals surface area (Å²) in [5.74, 6) is 3.40. The molecule has 0 aliphatic heterocycles. The molecule has 3 atom stereocenters. The van der Waals surface area contributed by atoms with Crippen molar-refractivity contribution >= 4 is 0 Å². The molecule has 0 saturated carbocycles. The molecule has 1 aliphatic rings. The van der Waals surface area contributed by atoms with Crippen LogP contribution in [0.2, 0.25) is 0 Å². The van der Waals surface area contributed by atoms with Crippen LogP contribution in [0, 0.1) is 29.5 Å². The van der Waals surface area contributed by atoms with Crippen molar-refractivity contribution in [1.29, 1.82) is 0 Å². The average Bonchev–Trinajstić information content (AvgIpc) is 3.28. The van der Waals surface area contributed by atoms with E-state index < -0.39 is 0 Å². The first-order valence-corrected chi connectivity index (χ1v) is 12.3. The fourth-order valence-electron chi connectivity index (χ4n) is 5.03. The lowest BCUT2D eigenvalue weighted by Gasteiger charge is -2.38. The third-order valence-corrected chi connectivity index (χ3v) is 6.89. The van der Waals surface area contributed by atoms with Crippen molar-refractivity contribution in [2.24, 2.45) is 23.7 Å². The second-order valence-electron chi connectivity index (χ2n) is 10.0. The fraction of sp³-hybridized carbons (Fsp3) is 0.464. The second-order valence-corrected chi connectivity index (χ2v) is 10.0. The highest BCUT2D eigenvalue weighted by molar-refractivity contribution is 5.22. The van der Waals surface area contributed by atoms with Crippen LogP contribution in [-0.4, -0.2) is 33.7 Å². The van der Waals surface area contributed by atoms with Gasteiger partial charge in [-0.25, -0.2) is 4.39 Å². The molecule has 0 N–H and O–H groups in total. The molecule has 6 nitrogen and oxygen atoms in total. The van der Waals surface area contributed by atoms with Crippen LogP contribution in [0.3, 0.4) is 0 Å². The zero-order valence-corrected chi connectivity index (χ0v) is 21.0. The number of pyridine rings is 1. The molecule has 0 saturated heterocycles. The minimum absolute atomic E-state index is 0.165. The molecule has 4 rings (SSSR count). The molecular formula is C28H35FN4O2. The molecule has 1 aliphatic carbocycles. The van der Waals surface area contributed by atoms with Gasteiger partial charge >= 0.3 is 0 Å². The van der Waals surface area contributed by atoms with Gasteiger partial charge in [0.15, 0.2) is 6.61 Å². The SMILES string of the molecule is CC1=C[C@@H](CN(C)Cc2cccnc2)[C@H](C(C)C)C[C@H]1Cc1nnc(COc2ccc(F)cc2)o1. The standard InChI is InChI=1S/C28H35FN4O2/c1-19(2)26-13-22(20(3)12-23(26)17-33(4)16-21-6-5-11-30-15-21)14-27-31-32-28(35-27)18-34-25-9-7-24(29)8-10-25/h5-12,15,19,22-23,26H,13-14,16-18H2,1-4H3/t22-,23-,26-/m0/s1. The van der Waals surface area contributed by atoms with Gasteiger partial charge in [0, 0.05) is 31.9 Å². The number of benzene rings is 1. The van der Waals surface area contributed by atoms with E-state index in [-0.39, 0.29) is 12.4 Å². The number of hydrogen-bond donors (Lipinski definition) is 0. The average molecular weight is 479 g/mol. The highest BCUT2D eigenvalue weighted by atomic mass is 19.1. The summed E-state index contributed by atoms with van der Waals surface area (Å²) in [7, 11) is 2.19. The number of aromatic nitrogens is 3. The topological polar surface area (TPSA) is 64.3 Å². The zero-order valence-electron chi connectivity index (χ0n) is 21.0. The Kier molecular flexibility index (Phi) is 8.29. The summed E-state index contributed by atoms with van der Waals surface area (Å²) in [6.07, 6.45) is 8.06. The Labute approximate surface area is 207 Å². The van der Waals surface area contributed by atoms with E-state index in [0.717, 1.165) is 25.9 Å². The summed E-state index contributed by atoms with van der Waals surface area (Å²) < 4.78 is 24.6. The minimum atomic E-state index is -0.296. The molecule has 0 unspecified atom stereocenters. The Hall–Kier alpha value is -3.06. The van der Waals surface area contributed by atoms with E-state index in [1.807, 2.05) is 18.5 Å². The first-order chi connectivity index (χ1) is 16.9. The van der Waals surface area contributed by atoms with E-state index in [4.69, 9.17) is 9.15 Å². The summed E-state index contributed by atoms with van der Waals surface area (Å²) in [4.78, 5) is 6.64. The Morgan fingerprint density at radius 1 is 1.14 bits per heavy atom. The maximum Gasteiger partial charge on any atom is 0.253 e. The molecule has 2 heterocycles. The van der Waals surface area contributed by atoms with Crippen molar-refractivity contribution in [3.8, 4) is 5.75 Å². The summed E-state index contributed by atoms with van der Waals surface area (Å²) in [6, 6.07) is 10.0. The van der Waals surface area contributed by atoms with Crippen LogP contribution in [0.15, 0.2) is 64.9 Å². The van der Waals surface area contributed by atoms with Gasteiger partial charge in [-0.1, -0.05) is 31.6 Å². The number of rotatable bonds is 10. The zero-order chi connectivity index (χ0) is 24.8. The van der Waals surface area contributed by atoms with Crippen LogP contribution in [0.25, 0.3) is 0 Å². The summed E-state index contributed by atoms with van der Waals surface area (Å²) in [5.41, 5.74) is 2.63. The van der Waals surface area contributed by atoms with E-state index in [1.165, 1.54) is 23.3 Å². The van der Waals surface area contributed by atoms with Gasteiger partial charge < -0.3 is 14.1 Å². The Morgan fingerprint density at radius 2 is 1.91 bits per heavy atom. The van der Waals surface area contributed by atoms with Gasteiger partial charge in [-0.3, -0.25) is 4.98 Å². The number of hydrogen-bond acceptors (Lipinski definition) is 6. The van der Waals surface area contributed by atoms with E-state index in [9.17, 15) is 4.39 Å². The molecule has 0 amide bonds. The lowest BCUT2D eigenvalue weighted by Crippen LogP contribution is -2.35. The van der Waals surface area contributed by atoms with Gasteiger partial charge in [0.2, 0.25) is 5.89 Å². The molecule has 2 aromatic heterocycles. The van der Waals surface area contributed by atoms with Crippen molar-refractivity contribution in [2.45, 2.75) is 46.8 Å². The first kappa shape index (κ1) is 25.0. The van der Waals surface area contributed by atoms with E-state index >= 15 is 0 Å². The Bertz CT molecular complexity index is 1100. The van der Waals surface area contributed by atoms with Crippen molar-refractivity contribution in [2.75, 3.05) is 13.6 Å². The molecule has 0 bridgehead atoms. The molecule has 7 heteroatoms. The molecular weight excluding hydrogens is 443 g/mol.